The molecule has 0 heterocycles. The number of ether oxygens (including phenoxy) is 1. The van der Waals surface area contributed by atoms with E-state index in [2.05, 4.69) is 0 Å². The van der Waals surface area contributed by atoms with Crippen LogP contribution in [0.1, 0.15) is 17.3 Å². The number of hydrogen-bond donors (Lipinski definition) is 0. The van der Waals surface area contributed by atoms with Gasteiger partial charge in [-0.05, 0) is 31.2 Å². The van der Waals surface area contributed by atoms with Gasteiger partial charge in [0.1, 0.15) is 12.4 Å². The van der Waals surface area contributed by atoms with E-state index < -0.39 is 12.1 Å². The molecule has 0 spiro atoms. The van der Waals surface area contributed by atoms with Gasteiger partial charge < -0.3 is 4.74 Å². The number of esters is 1. The van der Waals surface area contributed by atoms with Crippen LogP contribution in [0.25, 0.3) is 0 Å². The maximum absolute atomic E-state index is 11.5. The molecule has 1 atom stereocenters. The average molecular weight is 204 g/mol. The Morgan fingerprint density at radius 1 is 1.33 bits per heavy atom. The highest BCUT2D eigenvalue weighted by molar-refractivity contribution is 5.89. The van der Waals surface area contributed by atoms with E-state index in [1.807, 2.05) is 6.07 Å². The van der Waals surface area contributed by atoms with E-state index in [1.165, 1.54) is 12.2 Å². The Morgan fingerprint density at radius 2 is 2.00 bits per heavy atom. The molecular formula is C12H12O3. The Morgan fingerprint density at radius 3 is 2.60 bits per heavy atom. The molecule has 0 aliphatic carbocycles. The van der Waals surface area contributed by atoms with E-state index >= 15 is 0 Å². The zero-order valence-corrected chi connectivity index (χ0v) is 8.42. The van der Waals surface area contributed by atoms with Crippen LogP contribution in [0.3, 0.4) is 0 Å². The van der Waals surface area contributed by atoms with Crippen molar-refractivity contribution in [3.63, 3.8) is 0 Å². The predicted octanol–water partition coefficient (Wildman–Crippen LogP) is 1.99. The van der Waals surface area contributed by atoms with Gasteiger partial charge in [0.15, 0.2) is 0 Å². The number of hydrogen-bond acceptors (Lipinski definition) is 3. The summed E-state index contributed by atoms with van der Waals surface area (Å²) in [5.74, 6) is -0.390. The van der Waals surface area contributed by atoms with Crippen molar-refractivity contribution in [2.24, 2.45) is 0 Å². The highest BCUT2D eigenvalue weighted by Crippen LogP contribution is 2.04. The molecule has 0 N–H and O–H groups in total. The molecule has 1 aromatic carbocycles. The molecule has 0 fully saturated rings. The van der Waals surface area contributed by atoms with Crippen LogP contribution < -0.4 is 0 Å². The molecule has 0 aliphatic rings. The molecule has 0 unspecified atom stereocenters. The standard InChI is InChI=1S/C12H12O3/c1-10(6-5-9-13)15-12(14)11-7-3-2-4-8-11/h2-10H,1H3/b6-5+/t10-/m1/s1. The normalized spacial score (nSPS) is 12.3. The summed E-state index contributed by atoms with van der Waals surface area (Å²) >= 11 is 0. The van der Waals surface area contributed by atoms with E-state index in [4.69, 9.17) is 4.74 Å². The van der Waals surface area contributed by atoms with Gasteiger partial charge in [0.2, 0.25) is 0 Å². The Bertz CT molecular complexity index is 354. The fourth-order valence-corrected chi connectivity index (χ4v) is 1.05. The lowest BCUT2D eigenvalue weighted by Gasteiger charge is -2.08. The van der Waals surface area contributed by atoms with Crippen molar-refractivity contribution in [2.75, 3.05) is 0 Å². The largest absolute Gasteiger partial charge is 0.455 e. The van der Waals surface area contributed by atoms with Crippen LogP contribution in [0.2, 0.25) is 0 Å². The SMILES string of the molecule is C[C@H](/C=C/C=O)OC(=O)c1ccccc1. The number of aldehydes is 1. The van der Waals surface area contributed by atoms with Crippen molar-refractivity contribution in [1.29, 1.82) is 0 Å². The second-order valence-electron chi connectivity index (χ2n) is 3.00. The van der Waals surface area contributed by atoms with Crippen molar-refractivity contribution < 1.29 is 14.3 Å². The summed E-state index contributed by atoms with van der Waals surface area (Å²) in [5, 5.41) is 0. The summed E-state index contributed by atoms with van der Waals surface area (Å²) in [6.45, 7) is 1.70. The minimum Gasteiger partial charge on any atom is -0.455 e. The molecule has 3 heteroatoms. The molecule has 0 bridgehead atoms. The van der Waals surface area contributed by atoms with Crippen molar-refractivity contribution in [3.8, 4) is 0 Å². The van der Waals surface area contributed by atoms with Crippen LogP contribution in [0.5, 0.6) is 0 Å². The second kappa shape index (κ2) is 5.75. The smallest absolute Gasteiger partial charge is 0.338 e. The van der Waals surface area contributed by atoms with Crippen molar-refractivity contribution >= 4 is 12.3 Å². The Labute approximate surface area is 88.4 Å². The summed E-state index contributed by atoms with van der Waals surface area (Å²) in [6, 6.07) is 8.72. The third-order valence-electron chi connectivity index (χ3n) is 1.76. The molecule has 0 amide bonds. The first kappa shape index (κ1) is 11.2. The van der Waals surface area contributed by atoms with Crippen LogP contribution in [-0.2, 0) is 9.53 Å². The summed E-state index contributed by atoms with van der Waals surface area (Å²) in [5.41, 5.74) is 0.504. The summed E-state index contributed by atoms with van der Waals surface area (Å²) < 4.78 is 5.05. The minimum atomic E-state index is -0.400. The van der Waals surface area contributed by atoms with Gasteiger partial charge in [-0.25, -0.2) is 4.79 Å². The molecule has 0 aromatic heterocycles. The molecule has 0 saturated heterocycles. The van der Waals surface area contributed by atoms with Gasteiger partial charge in [0.05, 0.1) is 5.56 Å². The molecule has 78 valence electrons. The van der Waals surface area contributed by atoms with Crippen LogP contribution >= 0.6 is 0 Å². The molecule has 3 nitrogen and oxygen atoms in total. The van der Waals surface area contributed by atoms with Gasteiger partial charge in [-0.15, -0.1) is 0 Å². The monoisotopic (exact) mass is 204 g/mol. The van der Waals surface area contributed by atoms with Gasteiger partial charge in [0, 0.05) is 0 Å². The molecule has 1 aromatic rings. The van der Waals surface area contributed by atoms with E-state index in [9.17, 15) is 9.59 Å². The summed E-state index contributed by atoms with van der Waals surface area (Å²) in [7, 11) is 0. The minimum absolute atomic E-state index is 0.390. The molecular weight excluding hydrogens is 192 g/mol. The fraction of sp³-hybridized carbons (Fsp3) is 0.167. The molecule has 15 heavy (non-hydrogen) atoms. The van der Waals surface area contributed by atoms with Crippen LogP contribution in [0.4, 0.5) is 0 Å². The van der Waals surface area contributed by atoms with Gasteiger partial charge in [-0.1, -0.05) is 18.2 Å². The predicted molar refractivity (Wildman–Crippen MR) is 56.5 cm³/mol. The lowest BCUT2D eigenvalue weighted by molar-refractivity contribution is -0.104. The average Bonchev–Trinajstić information content (AvgIpc) is 2.27. The third kappa shape index (κ3) is 3.77. The van der Waals surface area contributed by atoms with Crippen LogP contribution in [0.15, 0.2) is 42.5 Å². The first-order valence-corrected chi connectivity index (χ1v) is 4.62. The highest BCUT2D eigenvalue weighted by Gasteiger charge is 2.08. The van der Waals surface area contributed by atoms with Gasteiger partial charge >= 0.3 is 5.97 Å². The fourth-order valence-electron chi connectivity index (χ4n) is 1.05. The Balaban J connectivity index is 2.56. The number of allylic oxidation sites excluding steroid dienone is 1. The van der Waals surface area contributed by atoms with E-state index in [-0.39, 0.29) is 0 Å². The first-order valence-electron chi connectivity index (χ1n) is 4.62. The van der Waals surface area contributed by atoms with Gasteiger partial charge in [0.25, 0.3) is 0 Å². The van der Waals surface area contributed by atoms with Gasteiger partial charge in [-0.3, -0.25) is 4.79 Å². The Kier molecular flexibility index (Phi) is 4.29. The lowest BCUT2D eigenvalue weighted by Crippen LogP contribution is -2.12. The van der Waals surface area contributed by atoms with E-state index in [0.29, 0.717) is 11.8 Å². The van der Waals surface area contributed by atoms with E-state index in [0.717, 1.165) is 0 Å². The number of carbonyl (C=O) groups excluding carboxylic acids is 2. The quantitative estimate of drug-likeness (QED) is 0.428. The molecule has 0 saturated carbocycles. The number of rotatable bonds is 4. The van der Waals surface area contributed by atoms with Crippen LogP contribution in [-0.4, -0.2) is 18.4 Å². The topological polar surface area (TPSA) is 43.4 Å². The van der Waals surface area contributed by atoms with E-state index in [1.54, 1.807) is 31.2 Å². The number of carbonyl (C=O) groups is 2. The summed E-state index contributed by atoms with van der Waals surface area (Å²) in [6.07, 6.45) is 3.08. The van der Waals surface area contributed by atoms with Crippen molar-refractivity contribution in [1.82, 2.24) is 0 Å². The molecule has 1 rings (SSSR count). The zero-order valence-electron chi connectivity index (χ0n) is 8.42. The Hall–Kier alpha value is -1.90. The maximum atomic E-state index is 11.5. The number of benzene rings is 1. The summed E-state index contributed by atoms with van der Waals surface area (Å²) in [4.78, 5) is 21.5. The molecule has 0 radical (unpaired) electrons. The third-order valence-corrected chi connectivity index (χ3v) is 1.76. The van der Waals surface area contributed by atoms with Crippen molar-refractivity contribution in [3.05, 3.63) is 48.0 Å². The van der Waals surface area contributed by atoms with Crippen molar-refractivity contribution in [2.45, 2.75) is 13.0 Å². The second-order valence-corrected chi connectivity index (χ2v) is 3.00. The highest BCUT2D eigenvalue weighted by atomic mass is 16.5. The van der Waals surface area contributed by atoms with Gasteiger partial charge in [-0.2, -0.15) is 0 Å². The molecule has 0 aliphatic heterocycles. The maximum Gasteiger partial charge on any atom is 0.338 e. The first-order chi connectivity index (χ1) is 7.24. The zero-order chi connectivity index (χ0) is 11.1. The lowest BCUT2D eigenvalue weighted by atomic mass is 10.2. The van der Waals surface area contributed by atoms with Crippen LogP contribution in [0, 0.1) is 0 Å².